The van der Waals surface area contributed by atoms with Gasteiger partial charge in [-0.1, -0.05) is 58.4 Å². The van der Waals surface area contributed by atoms with Gasteiger partial charge < -0.3 is 5.32 Å². The molecule has 0 bridgehead atoms. The van der Waals surface area contributed by atoms with E-state index >= 15 is 0 Å². The standard InChI is InChI=1S/C15H25N/c1-5-6-11-16-12-13-7-9-14(10-8-13)15(2,3)4/h7-10,16H,5-6,11-12H2,1-4H3. The van der Waals surface area contributed by atoms with Gasteiger partial charge >= 0.3 is 0 Å². The van der Waals surface area contributed by atoms with E-state index in [1.807, 2.05) is 0 Å². The molecule has 0 aliphatic rings. The van der Waals surface area contributed by atoms with Crippen molar-refractivity contribution in [3.8, 4) is 0 Å². The topological polar surface area (TPSA) is 12.0 Å². The number of hydrogen-bond acceptors (Lipinski definition) is 1. The molecule has 1 N–H and O–H groups in total. The molecule has 0 spiro atoms. The van der Waals surface area contributed by atoms with Crippen LogP contribution in [0.15, 0.2) is 24.3 Å². The van der Waals surface area contributed by atoms with Gasteiger partial charge in [0.2, 0.25) is 0 Å². The van der Waals surface area contributed by atoms with Crippen molar-refractivity contribution in [3.63, 3.8) is 0 Å². The minimum atomic E-state index is 0.258. The highest BCUT2D eigenvalue weighted by Crippen LogP contribution is 2.22. The molecular formula is C15H25N. The second-order valence-electron chi connectivity index (χ2n) is 5.48. The van der Waals surface area contributed by atoms with Gasteiger partial charge in [0.15, 0.2) is 0 Å². The monoisotopic (exact) mass is 219 g/mol. The molecule has 0 unspecified atom stereocenters. The maximum atomic E-state index is 3.46. The summed E-state index contributed by atoms with van der Waals surface area (Å²) in [6.07, 6.45) is 2.52. The molecule has 0 saturated heterocycles. The predicted octanol–water partition coefficient (Wildman–Crippen LogP) is 3.87. The van der Waals surface area contributed by atoms with E-state index in [2.05, 4.69) is 57.3 Å². The van der Waals surface area contributed by atoms with E-state index < -0.39 is 0 Å². The maximum absolute atomic E-state index is 3.46. The summed E-state index contributed by atoms with van der Waals surface area (Å²) in [5, 5.41) is 3.46. The van der Waals surface area contributed by atoms with Crippen molar-refractivity contribution in [1.29, 1.82) is 0 Å². The molecule has 0 radical (unpaired) electrons. The van der Waals surface area contributed by atoms with Crippen molar-refractivity contribution in [2.75, 3.05) is 6.54 Å². The average molecular weight is 219 g/mol. The van der Waals surface area contributed by atoms with Crippen LogP contribution in [0.4, 0.5) is 0 Å². The Balaban J connectivity index is 2.46. The quantitative estimate of drug-likeness (QED) is 0.741. The van der Waals surface area contributed by atoms with Crippen molar-refractivity contribution in [1.82, 2.24) is 5.32 Å². The van der Waals surface area contributed by atoms with Gasteiger partial charge in [-0.3, -0.25) is 0 Å². The van der Waals surface area contributed by atoms with E-state index in [4.69, 9.17) is 0 Å². The van der Waals surface area contributed by atoms with Crippen LogP contribution in [0.1, 0.15) is 51.7 Å². The first-order valence-corrected chi connectivity index (χ1v) is 6.34. The zero-order valence-corrected chi connectivity index (χ0v) is 11.1. The molecule has 0 atom stereocenters. The molecule has 1 rings (SSSR count). The fourth-order valence-electron chi connectivity index (χ4n) is 1.66. The van der Waals surface area contributed by atoms with Crippen LogP contribution in [0.5, 0.6) is 0 Å². The van der Waals surface area contributed by atoms with Gasteiger partial charge in [-0.25, -0.2) is 0 Å². The van der Waals surface area contributed by atoms with Gasteiger partial charge in [-0.05, 0) is 29.5 Å². The van der Waals surface area contributed by atoms with Crippen molar-refractivity contribution in [2.24, 2.45) is 0 Å². The van der Waals surface area contributed by atoms with E-state index in [9.17, 15) is 0 Å². The molecule has 0 aliphatic heterocycles. The highest BCUT2D eigenvalue weighted by Gasteiger charge is 2.12. The van der Waals surface area contributed by atoms with Gasteiger partial charge in [0.25, 0.3) is 0 Å². The number of unbranched alkanes of at least 4 members (excludes halogenated alkanes) is 1. The first kappa shape index (κ1) is 13.2. The lowest BCUT2D eigenvalue weighted by atomic mass is 9.87. The normalized spacial score (nSPS) is 11.8. The Morgan fingerprint density at radius 2 is 1.69 bits per heavy atom. The van der Waals surface area contributed by atoms with Crippen LogP contribution in [0.3, 0.4) is 0 Å². The summed E-state index contributed by atoms with van der Waals surface area (Å²) >= 11 is 0. The van der Waals surface area contributed by atoms with Crippen LogP contribution < -0.4 is 5.32 Å². The van der Waals surface area contributed by atoms with Gasteiger partial charge in [0, 0.05) is 6.54 Å². The van der Waals surface area contributed by atoms with E-state index in [0.717, 1.165) is 13.1 Å². The maximum Gasteiger partial charge on any atom is 0.0205 e. The zero-order chi connectivity index (χ0) is 12.0. The van der Waals surface area contributed by atoms with Gasteiger partial charge in [-0.2, -0.15) is 0 Å². The van der Waals surface area contributed by atoms with Crippen LogP contribution in [-0.2, 0) is 12.0 Å². The third kappa shape index (κ3) is 4.36. The molecule has 16 heavy (non-hydrogen) atoms. The Labute approximate surface area is 100 Å². The second kappa shape index (κ2) is 6.05. The fourth-order valence-corrected chi connectivity index (χ4v) is 1.66. The Bertz CT molecular complexity index is 292. The van der Waals surface area contributed by atoms with Crippen LogP contribution in [0.25, 0.3) is 0 Å². The lowest BCUT2D eigenvalue weighted by molar-refractivity contribution is 0.589. The lowest BCUT2D eigenvalue weighted by Crippen LogP contribution is -2.15. The number of rotatable bonds is 5. The van der Waals surface area contributed by atoms with Gasteiger partial charge in [0.05, 0.1) is 0 Å². The van der Waals surface area contributed by atoms with Crippen LogP contribution in [0.2, 0.25) is 0 Å². The van der Waals surface area contributed by atoms with Gasteiger partial charge in [0.1, 0.15) is 0 Å². The summed E-state index contributed by atoms with van der Waals surface area (Å²) in [5.74, 6) is 0. The van der Waals surface area contributed by atoms with Crippen LogP contribution >= 0.6 is 0 Å². The number of benzene rings is 1. The number of hydrogen-bond donors (Lipinski definition) is 1. The summed E-state index contributed by atoms with van der Waals surface area (Å²) in [6.45, 7) is 11.1. The average Bonchev–Trinajstić information content (AvgIpc) is 2.24. The van der Waals surface area contributed by atoms with E-state index in [1.54, 1.807) is 0 Å². The number of nitrogens with one attached hydrogen (secondary N) is 1. The highest BCUT2D eigenvalue weighted by molar-refractivity contribution is 5.27. The lowest BCUT2D eigenvalue weighted by Gasteiger charge is -2.19. The van der Waals surface area contributed by atoms with Crippen LogP contribution in [-0.4, -0.2) is 6.54 Å². The molecule has 1 heteroatoms. The molecule has 0 saturated carbocycles. The van der Waals surface area contributed by atoms with Gasteiger partial charge in [-0.15, -0.1) is 0 Å². The SMILES string of the molecule is CCCCNCc1ccc(C(C)(C)C)cc1. The smallest absolute Gasteiger partial charge is 0.0205 e. The molecule has 1 aromatic rings. The van der Waals surface area contributed by atoms with Crippen molar-refractivity contribution >= 4 is 0 Å². The van der Waals surface area contributed by atoms with Crippen molar-refractivity contribution < 1.29 is 0 Å². The van der Waals surface area contributed by atoms with Crippen molar-refractivity contribution in [3.05, 3.63) is 35.4 Å². The summed E-state index contributed by atoms with van der Waals surface area (Å²) < 4.78 is 0. The molecule has 1 nitrogen and oxygen atoms in total. The Hall–Kier alpha value is -0.820. The van der Waals surface area contributed by atoms with E-state index in [1.165, 1.54) is 24.0 Å². The summed E-state index contributed by atoms with van der Waals surface area (Å²) in [7, 11) is 0. The predicted molar refractivity (Wildman–Crippen MR) is 71.8 cm³/mol. The summed E-state index contributed by atoms with van der Waals surface area (Å²) in [6, 6.07) is 8.97. The Kier molecular flexibility index (Phi) is 5.01. The van der Waals surface area contributed by atoms with Crippen LogP contribution in [0, 0.1) is 0 Å². The molecule has 1 aromatic carbocycles. The van der Waals surface area contributed by atoms with Crippen molar-refractivity contribution in [2.45, 2.75) is 52.5 Å². The largest absolute Gasteiger partial charge is 0.313 e. The summed E-state index contributed by atoms with van der Waals surface area (Å²) in [4.78, 5) is 0. The molecule has 0 aliphatic carbocycles. The molecular weight excluding hydrogens is 194 g/mol. The highest BCUT2D eigenvalue weighted by atomic mass is 14.8. The first-order valence-electron chi connectivity index (χ1n) is 6.34. The fraction of sp³-hybridized carbons (Fsp3) is 0.600. The third-order valence-electron chi connectivity index (χ3n) is 2.86. The first-order chi connectivity index (χ1) is 7.54. The minimum Gasteiger partial charge on any atom is -0.313 e. The molecule has 0 aromatic heterocycles. The zero-order valence-electron chi connectivity index (χ0n) is 11.1. The summed E-state index contributed by atoms with van der Waals surface area (Å²) in [5.41, 5.74) is 3.04. The molecule has 0 amide bonds. The Morgan fingerprint density at radius 3 is 2.19 bits per heavy atom. The molecule has 0 fully saturated rings. The molecule has 0 heterocycles. The third-order valence-corrected chi connectivity index (χ3v) is 2.86. The van der Waals surface area contributed by atoms with E-state index in [-0.39, 0.29) is 5.41 Å². The Morgan fingerprint density at radius 1 is 1.06 bits per heavy atom. The second-order valence-corrected chi connectivity index (χ2v) is 5.48. The van der Waals surface area contributed by atoms with E-state index in [0.29, 0.717) is 0 Å². The minimum absolute atomic E-state index is 0.258. The molecule has 90 valence electrons.